The Morgan fingerprint density at radius 2 is 1.41 bits per heavy atom. The number of rotatable bonds is 29. The molecule has 2 amide bonds. The van der Waals surface area contributed by atoms with E-state index in [2.05, 4.69) is 10.6 Å². The van der Waals surface area contributed by atoms with Crippen LogP contribution in [0.1, 0.15) is 123 Å². The largest absolute Gasteiger partial charge is 0.455 e. The number of hydrogen-bond donors (Lipinski definition) is 5. The molecule has 1 heterocycles. The van der Waals surface area contributed by atoms with Crippen LogP contribution in [0.2, 0.25) is 0 Å². The van der Waals surface area contributed by atoms with E-state index in [0.29, 0.717) is 19.6 Å². The van der Waals surface area contributed by atoms with Gasteiger partial charge < -0.3 is 73.3 Å². The number of Topliss-reactive ketones (excluding diaryl/α,β-unsaturated/α-hetero) is 3. The van der Waals surface area contributed by atoms with E-state index in [-0.39, 0.29) is 105 Å². The molecule has 3 fully saturated rings. The molecule has 2 aromatic rings. The van der Waals surface area contributed by atoms with Crippen molar-refractivity contribution in [2.24, 2.45) is 22.7 Å². The van der Waals surface area contributed by atoms with Crippen molar-refractivity contribution in [3.8, 4) is 0 Å². The molecule has 474 valence electrons. The third kappa shape index (κ3) is 16.2. The van der Waals surface area contributed by atoms with Gasteiger partial charge in [0.1, 0.15) is 59.8 Å². The van der Waals surface area contributed by atoms with E-state index in [4.69, 9.17) is 47.4 Å². The smallest absolute Gasteiger partial charge is 0.408 e. The van der Waals surface area contributed by atoms with Gasteiger partial charge in [0.25, 0.3) is 0 Å². The number of alkyl carbamates (subject to hydrolysis) is 1. The van der Waals surface area contributed by atoms with Gasteiger partial charge in [0.2, 0.25) is 12.0 Å². The lowest BCUT2D eigenvalue weighted by atomic mass is 9.44. The van der Waals surface area contributed by atoms with Crippen LogP contribution >= 0.6 is 0 Å². The minimum absolute atomic E-state index is 0.00158. The molecule has 5 N–H and O–H groups in total. The van der Waals surface area contributed by atoms with Gasteiger partial charge in [-0.3, -0.25) is 24.0 Å². The molecule has 2 aromatic carbocycles. The second kappa shape index (κ2) is 29.5. The number of hydrogen-bond acceptors (Lipinski definition) is 22. The van der Waals surface area contributed by atoms with Crippen LogP contribution in [0.5, 0.6) is 0 Å². The zero-order valence-electron chi connectivity index (χ0n) is 50.7. The summed E-state index contributed by atoms with van der Waals surface area (Å²) in [5, 5.41) is 43.7. The van der Waals surface area contributed by atoms with Gasteiger partial charge in [-0.15, -0.1) is 0 Å². The van der Waals surface area contributed by atoms with Gasteiger partial charge in [0, 0.05) is 56.9 Å². The molecule has 24 heteroatoms. The molecule has 0 spiro atoms. The van der Waals surface area contributed by atoms with E-state index in [1.54, 1.807) is 76.2 Å². The zero-order chi connectivity index (χ0) is 63.4. The fraction of sp³-hybridized carbons (Fsp3) is 0.629. The average Bonchev–Trinajstić information content (AvgIpc) is 0.675. The minimum Gasteiger partial charge on any atom is -0.455 e. The molecule has 4 aliphatic rings. The summed E-state index contributed by atoms with van der Waals surface area (Å²) in [5.74, 6) is -7.92. The molecule has 1 saturated heterocycles. The molecule has 86 heavy (non-hydrogen) atoms. The SMILES string of the molecule is CC(=O)CCOCCOCCC(=O)CC(C)C(=O)NCCOCCOCC(=O)O[C@@H](C(=O)O[C@H]1C[C@@]2(O)[C@@H](OC(=O)c3ccccc3)[C@@H]3[C@]4(OC(C)=O)CO[C@@H]4C[C@H](O)[C@@]3(C)C(=O)[C@H](O)C(=C1C)C2(C)C)[C@@H](NC(=O)OC(C)(C)C)c1ccccc1. The van der Waals surface area contributed by atoms with Crippen molar-refractivity contribution < 1.29 is 106 Å². The summed E-state index contributed by atoms with van der Waals surface area (Å²) in [5.41, 5.74) is -9.01. The number of amides is 2. The fourth-order valence-corrected chi connectivity index (χ4v) is 11.9. The number of nitrogens with one attached hydrogen (secondary N) is 2. The van der Waals surface area contributed by atoms with Crippen LogP contribution < -0.4 is 10.6 Å². The topological polar surface area (TPSA) is 331 Å². The van der Waals surface area contributed by atoms with Gasteiger partial charge in [-0.1, -0.05) is 69.3 Å². The summed E-state index contributed by atoms with van der Waals surface area (Å²) in [4.78, 5) is 122. The van der Waals surface area contributed by atoms with Gasteiger partial charge in [-0.05, 0) is 70.4 Å². The van der Waals surface area contributed by atoms with Crippen LogP contribution in [0.25, 0.3) is 0 Å². The van der Waals surface area contributed by atoms with Crippen LogP contribution in [-0.4, -0.2) is 188 Å². The quantitative estimate of drug-likeness (QED) is 0.0333. The van der Waals surface area contributed by atoms with Crippen molar-refractivity contribution in [2.45, 2.75) is 161 Å². The third-order valence-electron chi connectivity index (χ3n) is 16.4. The highest BCUT2D eigenvalue weighted by atomic mass is 16.6. The number of aliphatic hydroxyl groups is 3. The number of benzene rings is 2. The minimum atomic E-state index is -2.48. The molecule has 1 aliphatic heterocycles. The first kappa shape index (κ1) is 68.6. The van der Waals surface area contributed by atoms with E-state index >= 15 is 9.59 Å². The van der Waals surface area contributed by atoms with Crippen LogP contribution in [0.3, 0.4) is 0 Å². The number of aliphatic hydroxyl groups excluding tert-OH is 2. The number of fused-ring (bicyclic) bond motifs is 5. The highest BCUT2D eigenvalue weighted by molar-refractivity contribution is 5.94. The fourth-order valence-electron chi connectivity index (χ4n) is 11.9. The first-order valence-corrected chi connectivity index (χ1v) is 28.9. The predicted octanol–water partition coefficient (Wildman–Crippen LogP) is 3.96. The maximum atomic E-state index is 15.3. The number of ether oxygens (including phenoxy) is 10. The molecular weight excluding hydrogens is 1120 g/mol. The zero-order valence-corrected chi connectivity index (χ0v) is 50.7. The number of ketones is 3. The Kier molecular flexibility index (Phi) is 23.5. The van der Waals surface area contributed by atoms with E-state index in [0.717, 1.165) is 6.92 Å². The molecule has 0 radical (unpaired) electrons. The van der Waals surface area contributed by atoms with Crippen molar-refractivity contribution in [3.63, 3.8) is 0 Å². The summed E-state index contributed by atoms with van der Waals surface area (Å²) in [7, 11) is 0. The lowest BCUT2D eigenvalue weighted by Gasteiger charge is -2.67. The molecule has 12 atom stereocenters. The van der Waals surface area contributed by atoms with Crippen LogP contribution in [0, 0.1) is 22.7 Å². The molecule has 24 nitrogen and oxygen atoms in total. The van der Waals surface area contributed by atoms with E-state index < -0.39 is 131 Å². The maximum absolute atomic E-state index is 15.3. The molecule has 3 aliphatic carbocycles. The van der Waals surface area contributed by atoms with E-state index in [1.807, 2.05) is 0 Å². The normalized spacial score (nSPS) is 26.7. The van der Waals surface area contributed by atoms with Crippen molar-refractivity contribution in [1.82, 2.24) is 10.6 Å². The Bertz CT molecular complexity index is 2780. The summed E-state index contributed by atoms with van der Waals surface area (Å²) in [6.45, 7) is 14.7. The van der Waals surface area contributed by atoms with Crippen LogP contribution in [-0.2, 0) is 80.9 Å². The van der Waals surface area contributed by atoms with Gasteiger partial charge >= 0.3 is 30.0 Å². The summed E-state index contributed by atoms with van der Waals surface area (Å²) >= 11 is 0. The lowest BCUT2D eigenvalue weighted by Crippen LogP contribution is -2.81. The maximum Gasteiger partial charge on any atom is 0.408 e. The number of carbonyl (C=O) groups is 9. The van der Waals surface area contributed by atoms with Gasteiger partial charge in [0.15, 0.2) is 11.4 Å². The monoisotopic (exact) mass is 1210 g/mol. The highest BCUT2D eigenvalue weighted by Crippen LogP contribution is 2.64. The Morgan fingerprint density at radius 3 is 2.00 bits per heavy atom. The van der Waals surface area contributed by atoms with Crippen molar-refractivity contribution in [2.75, 3.05) is 66.0 Å². The predicted molar refractivity (Wildman–Crippen MR) is 302 cm³/mol. The lowest BCUT2D eigenvalue weighted by molar-refractivity contribution is -0.346. The summed E-state index contributed by atoms with van der Waals surface area (Å²) in [6.07, 6.45) is -11.8. The molecule has 6 rings (SSSR count). The number of esters is 4. The summed E-state index contributed by atoms with van der Waals surface area (Å²) in [6, 6.07) is 14.2. The van der Waals surface area contributed by atoms with Gasteiger partial charge in [0.05, 0.1) is 75.9 Å². The molecular formula is C62H84N2O22. The van der Waals surface area contributed by atoms with Gasteiger partial charge in [-0.2, -0.15) is 0 Å². The third-order valence-corrected chi connectivity index (χ3v) is 16.4. The number of carbonyl (C=O) groups excluding carboxylic acids is 9. The van der Waals surface area contributed by atoms with Crippen LogP contribution in [0.15, 0.2) is 71.8 Å². The Labute approximate surface area is 500 Å². The second-order valence-electron chi connectivity index (χ2n) is 24.1. The van der Waals surface area contributed by atoms with Crippen molar-refractivity contribution in [1.29, 1.82) is 0 Å². The van der Waals surface area contributed by atoms with Gasteiger partial charge in [-0.25, -0.2) is 19.2 Å². The van der Waals surface area contributed by atoms with E-state index in [9.17, 15) is 48.9 Å². The first-order chi connectivity index (χ1) is 40.5. The molecule has 0 aromatic heterocycles. The standard InChI is InChI=1S/C62H84N2O22/c1-36(31-42(67)22-25-78-28-27-77-24-21-37(2)65)54(72)63-23-26-79-29-30-80-34-46(69)83-50(48(40-17-13-11-14-18-40)64-57(75)86-58(5,6)7)56(74)82-43-33-62(76)53(84-55(73)41-19-15-12-16-20-41)51-60(10,52(71)49(70)47(38(43)3)59(62,8)9)44(68)32-45-61(51,35-81-45)85-39(4)66/h11-20,36,43-45,48-51,53,68,70,76H,21-35H2,1-10H3,(H,63,72)(H,64,75)/t36?,43-,44-,45+,48-,49+,50+,51-,53-,60+,61-,62+/m0/s1. The Morgan fingerprint density at radius 1 is 0.802 bits per heavy atom. The van der Waals surface area contributed by atoms with Crippen molar-refractivity contribution >= 4 is 53.2 Å². The van der Waals surface area contributed by atoms with Crippen LogP contribution in [0.4, 0.5) is 4.79 Å². The first-order valence-electron chi connectivity index (χ1n) is 28.9. The van der Waals surface area contributed by atoms with Crippen molar-refractivity contribution in [3.05, 3.63) is 82.9 Å². The Hall–Kier alpha value is -6.51. The second-order valence-corrected chi connectivity index (χ2v) is 24.1. The molecule has 2 bridgehead atoms. The van der Waals surface area contributed by atoms with E-state index in [1.165, 1.54) is 46.8 Å². The summed E-state index contributed by atoms with van der Waals surface area (Å²) < 4.78 is 58.0. The average molecular weight is 1210 g/mol. The highest BCUT2D eigenvalue weighted by Gasteiger charge is 2.78. The molecule has 2 saturated carbocycles. The molecule has 1 unspecified atom stereocenters. The Balaban J connectivity index is 1.21.